The van der Waals surface area contributed by atoms with Gasteiger partial charge in [-0.15, -0.1) is 24.0 Å². The summed E-state index contributed by atoms with van der Waals surface area (Å²) in [6.07, 6.45) is 1.12. The summed E-state index contributed by atoms with van der Waals surface area (Å²) < 4.78 is 2.20. The molecule has 0 saturated carbocycles. The topological polar surface area (TPSA) is 36.4 Å². The van der Waals surface area contributed by atoms with Crippen molar-refractivity contribution in [3.05, 3.63) is 32.7 Å². The lowest BCUT2D eigenvalue weighted by Gasteiger charge is -2.16. The highest BCUT2D eigenvalue weighted by atomic mass is 127. The molecule has 94 valence electrons. The molecule has 1 aliphatic heterocycles. The molecule has 1 heterocycles. The van der Waals surface area contributed by atoms with E-state index in [4.69, 9.17) is 0 Å². The molecule has 0 bridgehead atoms. The molecule has 0 saturated heterocycles. The fraction of sp³-hybridized carbons (Fsp3) is 0.364. The number of nitrogens with one attached hydrogen (secondary N) is 2. The second kappa shape index (κ2) is 7.58. The smallest absolute Gasteiger partial charge is 0.191 e. The van der Waals surface area contributed by atoms with Crippen molar-refractivity contribution in [1.82, 2.24) is 10.6 Å². The van der Waals surface area contributed by atoms with Gasteiger partial charge in [0.15, 0.2) is 5.96 Å². The fourth-order valence-corrected chi connectivity index (χ4v) is 2.30. The molecule has 0 spiro atoms. The molecule has 0 fully saturated rings. The van der Waals surface area contributed by atoms with Crippen LogP contribution in [0, 0.1) is 0 Å². The van der Waals surface area contributed by atoms with Crippen LogP contribution in [-0.2, 0) is 6.54 Å². The summed E-state index contributed by atoms with van der Waals surface area (Å²) in [7, 11) is 0. The third-order valence-electron chi connectivity index (χ3n) is 2.35. The monoisotopic (exact) mass is 473 g/mol. The number of hydrogen-bond donors (Lipinski definition) is 2. The quantitative estimate of drug-likeness (QED) is 0.645. The molecule has 17 heavy (non-hydrogen) atoms. The Kier molecular flexibility index (Phi) is 6.79. The summed E-state index contributed by atoms with van der Waals surface area (Å²) in [5, 5.41) is 6.53. The first-order valence-corrected chi connectivity index (χ1v) is 6.80. The average molecular weight is 475 g/mol. The predicted molar refractivity (Wildman–Crippen MR) is 89.0 cm³/mol. The SMILES string of the molecule is Brc1ccc(Br)c(CNC2=NCCCN2)c1.I. The van der Waals surface area contributed by atoms with Gasteiger partial charge in [0.1, 0.15) is 0 Å². The Labute approximate surface area is 135 Å². The standard InChI is InChI=1S/C11H13Br2N3.HI/c12-9-2-3-10(13)8(6-9)7-16-11-14-4-1-5-15-11;/h2-3,6H,1,4-5,7H2,(H2,14,15,16);1H. The predicted octanol–water partition coefficient (Wildman–Crippen LogP) is 3.27. The van der Waals surface area contributed by atoms with Crippen LogP contribution >= 0.6 is 55.8 Å². The van der Waals surface area contributed by atoms with Gasteiger partial charge in [0.2, 0.25) is 0 Å². The number of guanidine groups is 1. The Balaban J connectivity index is 0.00000144. The van der Waals surface area contributed by atoms with Gasteiger partial charge in [-0.2, -0.15) is 0 Å². The largest absolute Gasteiger partial charge is 0.356 e. The van der Waals surface area contributed by atoms with Gasteiger partial charge in [0, 0.05) is 28.6 Å². The van der Waals surface area contributed by atoms with Crippen molar-refractivity contribution in [1.29, 1.82) is 0 Å². The Morgan fingerprint density at radius 2 is 2.18 bits per heavy atom. The molecule has 3 nitrogen and oxygen atoms in total. The highest BCUT2D eigenvalue weighted by Gasteiger charge is 2.05. The number of rotatable bonds is 2. The number of nitrogens with zero attached hydrogens (tertiary/aromatic N) is 1. The van der Waals surface area contributed by atoms with Crippen LogP contribution in [0.25, 0.3) is 0 Å². The minimum Gasteiger partial charge on any atom is -0.356 e. The van der Waals surface area contributed by atoms with Gasteiger partial charge in [-0.1, -0.05) is 31.9 Å². The van der Waals surface area contributed by atoms with Gasteiger partial charge >= 0.3 is 0 Å². The number of benzene rings is 1. The van der Waals surface area contributed by atoms with E-state index in [-0.39, 0.29) is 24.0 Å². The van der Waals surface area contributed by atoms with Crippen LogP contribution in [0.2, 0.25) is 0 Å². The van der Waals surface area contributed by atoms with Crippen LogP contribution in [0.3, 0.4) is 0 Å². The Hall–Kier alpha value is 0.180. The molecular weight excluding hydrogens is 461 g/mol. The molecular formula is C11H14Br2IN3. The molecule has 1 aromatic rings. The minimum atomic E-state index is 0. The summed E-state index contributed by atoms with van der Waals surface area (Å²) in [6.45, 7) is 2.69. The number of halogens is 3. The first-order valence-electron chi connectivity index (χ1n) is 5.22. The molecule has 0 aromatic heterocycles. The third kappa shape index (κ3) is 4.75. The van der Waals surface area contributed by atoms with E-state index in [0.29, 0.717) is 0 Å². The lowest BCUT2D eigenvalue weighted by molar-refractivity contribution is 0.701. The van der Waals surface area contributed by atoms with Crippen molar-refractivity contribution < 1.29 is 0 Å². The second-order valence-corrected chi connectivity index (χ2v) is 5.37. The zero-order valence-corrected chi connectivity index (χ0v) is 14.7. The van der Waals surface area contributed by atoms with Crippen molar-refractivity contribution in [2.75, 3.05) is 13.1 Å². The molecule has 0 aliphatic carbocycles. The molecule has 1 aromatic carbocycles. The maximum Gasteiger partial charge on any atom is 0.191 e. The molecule has 1 aliphatic rings. The van der Waals surface area contributed by atoms with Crippen LogP contribution in [0.1, 0.15) is 12.0 Å². The highest BCUT2D eigenvalue weighted by molar-refractivity contribution is 14.0. The van der Waals surface area contributed by atoms with Crippen LogP contribution in [0.4, 0.5) is 0 Å². The average Bonchev–Trinajstić information content (AvgIpc) is 2.32. The van der Waals surface area contributed by atoms with Crippen molar-refractivity contribution in [3.63, 3.8) is 0 Å². The number of hydrogen-bond acceptors (Lipinski definition) is 3. The normalized spacial score (nSPS) is 14.4. The van der Waals surface area contributed by atoms with Crippen molar-refractivity contribution in [2.24, 2.45) is 4.99 Å². The Morgan fingerprint density at radius 1 is 1.35 bits per heavy atom. The molecule has 6 heteroatoms. The highest BCUT2D eigenvalue weighted by Crippen LogP contribution is 2.21. The maximum absolute atomic E-state index is 4.36. The fourth-order valence-electron chi connectivity index (χ4n) is 1.51. The van der Waals surface area contributed by atoms with E-state index < -0.39 is 0 Å². The van der Waals surface area contributed by atoms with Gasteiger partial charge in [-0.05, 0) is 30.2 Å². The van der Waals surface area contributed by atoms with Crippen molar-refractivity contribution in [3.8, 4) is 0 Å². The molecule has 0 radical (unpaired) electrons. The summed E-state index contributed by atoms with van der Waals surface area (Å²) in [6, 6.07) is 6.15. The van der Waals surface area contributed by atoms with E-state index in [1.54, 1.807) is 0 Å². The second-order valence-electron chi connectivity index (χ2n) is 3.60. The van der Waals surface area contributed by atoms with Gasteiger partial charge < -0.3 is 10.6 Å². The lowest BCUT2D eigenvalue weighted by Crippen LogP contribution is -2.40. The van der Waals surface area contributed by atoms with Crippen molar-refractivity contribution in [2.45, 2.75) is 13.0 Å². The summed E-state index contributed by atoms with van der Waals surface area (Å²) in [5.41, 5.74) is 1.21. The summed E-state index contributed by atoms with van der Waals surface area (Å²) in [5.74, 6) is 0.901. The minimum absolute atomic E-state index is 0. The van der Waals surface area contributed by atoms with Crippen LogP contribution in [-0.4, -0.2) is 19.0 Å². The molecule has 0 unspecified atom stereocenters. The van der Waals surface area contributed by atoms with Crippen LogP contribution in [0.5, 0.6) is 0 Å². The summed E-state index contributed by atoms with van der Waals surface area (Å²) >= 11 is 7.00. The Bertz CT molecular complexity index is 410. The Morgan fingerprint density at radius 3 is 2.88 bits per heavy atom. The van der Waals surface area contributed by atoms with Gasteiger partial charge in [0.05, 0.1) is 0 Å². The molecule has 0 amide bonds. The van der Waals surface area contributed by atoms with Crippen molar-refractivity contribution >= 4 is 61.8 Å². The zero-order valence-electron chi connectivity index (χ0n) is 9.17. The molecule has 0 atom stereocenters. The van der Waals surface area contributed by atoms with Gasteiger partial charge in [0.25, 0.3) is 0 Å². The molecule has 2 N–H and O–H groups in total. The molecule has 2 rings (SSSR count). The van der Waals surface area contributed by atoms with E-state index >= 15 is 0 Å². The van der Waals surface area contributed by atoms with E-state index in [1.165, 1.54) is 5.56 Å². The lowest BCUT2D eigenvalue weighted by atomic mass is 10.2. The number of aliphatic imine (C=N–C) groups is 1. The van der Waals surface area contributed by atoms with Gasteiger partial charge in [-0.3, -0.25) is 4.99 Å². The summed E-state index contributed by atoms with van der Waals surface area (Å²) in [4.78, 5) is 4.36. The zero-order chi connectivity index (χ0) is 11.4. The van der Waals surface area contributed by atoms with Crippen LogP contribution in [0.15, 0.2) is 32.1 Å². The maximum atomic E-state index is 4.36. The van der Waals surface area contributed by atoms with Crippen LogP contribution < -0.4 is 10.6 Å². The first kappa shape index (κ1) is 15.2. The van der Waals surface area contributed by atoms with E-state index in [2.05, 4.69) is 53.6 Å². The van der Waals surface area contributed by atoms with E-state index in [9.17, 15) is 0 Å². The first-order chi connectivity index (χ1) is 7.75. The van der Waals surface area contributed by atoms with E-state index in [0.717, 1.165) is 41.0 Å². The van der Waals surface area contributed by atoms with E-state index in [1.807, 2.05) is 12.1 Å². The van der Waals surface area contributed by atoms with Gasteiger partial charge in [-0.25, -0.2) is 0 Å². The third-order valence-corrected chi connectivity index (χ3v) is 3.62.